The lowest BCUT2D eigenvalue weighted by Gasteiger charge is -2.08. The van der Waals surface area contributed by atoms with Gasteiger partial charge in [-0.15, -0.1) is 10.2 Å². The summed E-state index contributed by atoms with van der Waals surface area (Å²) in [4.78, 5) is 11.7. The summed E-state index contributed by atoms with van der Waals surface area (Å²) in [6, 6.07) is 6.51. The smallest absolute Gasteiger partial charge is 0.316 e. The zero-order valence-corrected chi connectivity index (χ0v) is 15.6. The molecule has 0 aliphatic heterocycles. The van der Waals surface area contributed by atoms with Crippen LogP contribution in [0.1, 0.15) is 5.56 Å². The summed E-state index contributed by atoms with van der Waals surface area (Å²) in [6.45, 7) is -1.13. The second-order valence-corrected chi connectivity index (χ2v) is 6.74. The number of hydrogen-bond acceptors (Lipinski definition) is 6. The molecule has 0 N–H and O–H groups in total. The van der Waals surface area contributed by atoms with Crippen molar-refractivity contribution in [3.05, 3.63) is 63.9 Å². The first kappa shape index (κ1) is 21.1. The third kappa shape index (κ3) is 4.67. The van der Waals surface area contributed by atoms with Gasteiger partial charge in [0, 0.05) is 10.6 Å². The first-order valence-corrected chi connectivity index (χ1v) is 9.02. The number of ether oxygens (including phenoxy) is 1. The van der Waals surface area contributed by atoms with E-state index in [2.05, 4.69) is 14.9 Å². The largest absolute Gasteiger partial charge is 0.460 e. The van der Waals surface area contributed by atoms with Crippen molar-refractivity contribution in [2.45, 2.75) is 11.8 Å². The van der Waals surface area contributed by atoms with Gasteiger partial charge in [0.15, 0.2) is 23.3 Å². The number of hydrogen-bond donors (Lipinski definition) is 0. The van der Waals surface area contributed by atoms with Gasteiger partial charge in [0.05, 0.1) is 5.56 Å². The monoisotopic (exact) mass is 450 g/mol. The Labute approximate surface area is 168 Å². The SMILES string of the molecule is O=C(CSc1nnc(-c2ccc(Cl)cc2)o1)OCc1c(F)c(F)c(F)c(F)c1F. The molecular weight excluding hydrogens is 443 g/mol. The predicted octanol–water partition coefficient (Wildman–Crippen LogP) is 4.92. The summed E-state index contributed by atoms with van der Waals surface area (Å²) in [7, 11) is 0. The molecule has 0 unspecified atom stereocenters. The first-order valence-electron chi connectivity index (χ1n) is 7.66. The fraction of sp³-hybridized carbons (Fsp3) is 0.118. The quantitative estimate of drug-likeness (QED) is 0.175. The molecule has 3 rings (SSSR count). The van der Waals surface area contributed by atoms with Crippen LogP contribution in [0.2, 0.25) is 5.02 Å². The highest BCUT2D eigenvalue weighted by Crippen LogP contribution is 2.26. The third-order valence-electron chi connectivity index (χ3n) is 3.49. The molecule has 3 aromatic rings. The Hall–Kier alpha value is -2.66. The maximum atomic E-state index is 13.5. The lowest BCUT2D eigenvalue weighted by Crippen LogP contribution is -2.12. The van der Waals surface area contributed by atoms with Crippen LogP contribution >= 0.6 is 23.4 Å². The fourth-order valence-electron chi connectivity index (χ4n) is 2.07. The van der Waals surface area contributed by atoms with Gasteiger partial charge in [-0.05, 0) is 24.3 Å². The minimum Gasteiger partial charge on any atom is -0.460 e. The first-order chi connectivity index (χ1) is 13.8. The molecule has 1 aromatic heterocycles. The average molecular weight is 451 g/mol. The number of carbonyl (C=O) groups is 1. The van der Waals surface area contributed by atoms with Crippen LogP contribution in [0.4, 0.5) is 22.0 Å². The maximum absolute atomic E-state index is 13.5. The molecule has 0 atom stereocenters. The van der Waals surface area contributed by atoms with Gasteiger partial charge in [-0.1, -0.05) is 23.4 Å². The summed E-state index contributed by atoms with van der Waals surface area (Å²) in [5, 5.41) is 8.02. The van der Waals surface area contributed by atoms with E-state index in [4.69, 9.17) is 16.0 Å². The highest BCUT2D eigenvalue weighted by atomic mass is 35.5. The van der Waals surface area contributed by atoms with Gasteiger partial charge in [0.25, 0.3) is 5.22 Å². The molecule has 0 fully saturated rings. The molecule has 12 heteroatoms. The summed E-state index contributed by atoms with van der Waals surface area (Å²) >= 11 is 6.54. The summed E-state index contributed by atoms with van der Waals surface area (Å²) in [6.07, 6.45) is 0. The van der Waals surface area contributed by atoms with Crippen LogP contribution in [0.3, 0.4) is 0 Å². The lowest BCUT2D eigenvalue weighted by atomic mass is 10.2. The molecule has 0 spiro atoms. The summed E-state index contributed by atoms with van der Waals surface area (Å²) in [5.41, 5.74) is -0.662. The second-order valence-electron chi connectivity index (χ2n) is 5.38. The Morgan fingerprint density at radius 2 is 1.55 bits per heavy atom. The van der Waals surface area contributed by atoms with E-state index in [1.54, 1.807) is 24.3 Å². The molecular formula is C17H8ClF5N2O3S. The second kappa shape index (κ2) is 8.78. The normalized spacial score (nSPS) is 11.0. The van der Waals surface area contributed by atoms with Crippen molar-refractivity contribution < 1.29 is 35.9 Å². The fourth-order valence-corrected chi connectivity index (χ4v) is 2.76. The standard InChI is InChI=1S/C17H8ClF5N2O3S/c18-8-3-1-7(2-4-8)16-24-25-17(28-16)29-6-10(26)27-5-9-11(19)13(21)15(23)14(22)12(9)20/h1-4H,5-6H2. The van der Waals surface area contributed by atoms with E-state index in [1.807, 2.05) is 0 Å². The van der Waals surface area contributed by atoms with Crippen LogP contribution in [0.5, 0.6) is 0 Å². The van der Waals surface area contributed by atoms with E-state index in [1.165, 1.54) is 0 Å². The van der Waals surface area contributed by atoms with E-state index in [0.717, 1.165) is 11.8 Å². The number of aromatic nitrogens is 2. The molecule has 0 radical (unpaired) electrons. The van der Waals surface area contributed by atoms with Gasteiger partial charge in [0.2, 0.25) is 11.7 Å². The van der Waals surface area contributed by atoms with Crippen LogP contribution in [0, 0.1) is 29.1 Å². The van der Waals surface area contributed by atoms with Crippen molar-refractivity contribution >= 4 is 29.3 Å². The zero-order chi connectivity index (χ0) is 21.1. The van der Waals surface area contributed by atoms with Crippen molar-refractivity contribution in [3.8, 4) is 11.5 Å². The van der Waals surface area contributed by atoms with E-state index in [9.17, 15) is 26.7 Å². The molecule has 5 nitrogen and oxygen atoms in total. The van der Waals surface area contributed by atoms with Crippen molar-refractivity contribution in [2.75, 3.05) is 5.75 Å². The third-order valence-corrected chi connectivity index (χ3v) is 4.53. The van der Waals surface area contributed by atoms with Crippen molar-refractivity contribution in [2.24, 2.45) is 0 Å². The summed E-state index contributed by atoms with van der Waals surface area (Å²) in [5.74, 6) is -11.9. The average Bonchev–Trinajstić information content (AvgIpc) is 3.19. The van der Waals surface area contributed by atoms with Crippen molar-refractivity contribution in [1.82, 2.24) is 10.2 Å². The number of carbonyl (C=O) groups excluding carboxylic acids is 1. The predicted molar refractivity (Wildman–Crippen MR) is 91.5 cm³/mol. The van der Waals surface area contributed by atoms with E-state index < -0.39 is 53.0 Å². The van der Waals surface area contributed by atoms with Crippen molar-refractivity contribution in [1.29, 1.82) is 0 Å². The Balaban J connectivity index is 1.58. The Morgan fingerprint density at radius 1 is 0.966 bits per heavy atom. The molecule has 0 amide bonds. The highest BCUT2D eigenvalue weighted by Gasteiger charge is 2.26. The van der Waals surface area contributed by atoms with Gasteiger partial charge in [-0.2, -0.15) is 0 Å². The van der Waals surface area contributed by atoms with E-state index in [0.29, 0.717) is 10.6 Å². The van der Waals surface area contributed by atoms with Gasteiger partial charge in [0.1, 0.15) is 12.4 Å². The molecule has 1 heterocycles. The number of halogens is 6. The molecule has 0 saturated carbocycles. The van der Waals surface area contributed by atoms with Gasteiger partial charge < -0.3 is 9.15 Å². The Kier molecular flexibility index (Phi) is 6.38. The van der Waals surface area contributed by atoms with E-state index >= 15 is 0 Å². The van der Waals surface area contributed by atoms with Crippen LogP contribution < -0.4 is 0 Å². The molecule has 0 saturated heterocycles. The zero-order valence-electron chi connectivity index (χ0n) is 14.0. The molecule has 152 valence electrons. The Morgan fingerprint density at radius 3 is 2.17 bits per heavy atom. The topological polar surface area (TPSA) is 65.2 Å². The minimum absolute atomic E-state index is 0.00290. The van der Waals surface area contributed by atoms with Crippen LogP contribution in [0.25, 0.3) is 11.5 Å². The lowest BCUT2D eigenvalue weighted by molar-refractivity contribution is -0.141. The van der Waals surface area contributed by atoms with Crippen LogP contribution in [-0.2, 0) is 16.1 Å². The van der Waals surface area contributed by atoms with Crippen LogP contribution in [-0.4, -0.2) is 21.9 Å². The molecule has 0 aliphatic carbocycles. The minimum atomic E-state index is -2.29. The number of thioether (sulfide) groups is 1. The Bertz CT molecular complexity index is 1030. The van der Waals surface area contributed by atoms with Crippen LogP contribution in [0.15, 0.2) is 33.9 Å². The molecule has 0 aliphatic rings. The number of nitrogens with zero attached hydrogens (tertiary/aromatic N) is 2. The number of esters is 1. The molecule has 0 bridgehead atoms. The molecule has 29 heavy (non-hydrogen) atoms. The number of rotatable bonds is 6. The van der Waals surface area contributed by atoms with E-state index in [-0.39, 0.29) is 11.1 Å². The maximum Gasteiger partial charge on any atom is 0.316 e. The van der Waals surface area contributed by atoms with Gasteiger partial charge in [-0.25, -0.2) is 22.0 Å². The van der Waals surface area contributed by atoms with Crippen molar-refractivity contribution in [3.63, 3.8) is 0 Å². The summed E-state index contributed by atoms with van der Waals surface area (Å²) < 4.78 is 76.2. The number of benzene rings is 2. The van der Waals surface area contributed by atoms with Gasteiger partial charge >= 0.3 is 5.97 Å². The molecule has 2 aromatic carbocycles. The highest BCUT2D eigenvalue weighted by molar-refractivity contribution is 7.99. The van der Waals surface area contributed by atoms with Gasteiger partial charge in [-0.3, -0.25) is 4.79 Å².